The van der Waals surface area contributed by atoms with Gasteiger partial charge in [-0.25, -0.2) is 4.79 Å². The number of phenols is 1. The molecule has 2 fully saturated rings. The molecular formula is C16H19N3O5S. The standard InChI is InChI=1S/C16H19N3O5S/c1-16(2)11(15(23)24)19-13(22)10(14(19)25-16)18-12(21)9(17)7-3-5-8(20)6-4-7/h3-6,9-11,14,20H,17H2,1-2H3,(H,18,21)(H,23,24)/t9?,10-,11-,14+/m1/s1. The van der Waals surface area contributed by atoms with E-state index in [1.807, 2.05) is 0 Å². The van der Waals surface area contributed by atoms with Gasteiger partial charge in [-0.05, 0) is 31.5 Å². The van der Waals surface area contributed by atoms with Crippen LogP contribution in [0.5, 0.6) is 5.75 Å². The molecule has 0 bridgehead atoms. The minimum Gasteiger partial charge on any atom is -0.508 e. The minimum atomic E-state index is -1.06. The Balaban J connectivity index is 1.70. The molecule has 1 aromatic rings. The van der Waals surface area contributed by atoms with Gasteiger partial charge in [0, 0.05) is 4.75 Å². The van der Waals surface area contributed by atoms with Crippen LogP contribution in [-0.2, 0) is 14.4 Å². The van der Waals surface area contributed by atoms with Crippen molar-refractivity contribution >= 4 is 29.5 Å². The number of carboxylic acids is 1. The van der Waals surface area contributed by atoms with Crippen molar-refractivity contribution in [2.45, 2.75) is 42.1 Å². The highest BCUT2D eigenvalue weighted by atomic mass is 32.2. The number of benzene rings is 1. The van der Waals surface area contributed by atoms with Crippen LogP contribution in [0.3, 0.4) is 0 Å². The minimum absolute atomic E-state index is 0.0606. The lowest BCUT2D eigenvalue weighted by molar-refractivity contribution is -0.161. The fraction of sp³-hybridized carbons (Fsp3) is 0.438. The number of nitrogens with two attached hydrogens (primary N) is 1. The molecule has 1 aromatic carbocycles. The smallest absolute Gasteiger partial charge is 0.327 e. The van der Waals surface area contributed by atoms with Crippen molar-refractivity contribution in [2.24, 2.45) is 5.73 Å². The normalized spacial score (nSPS) is 28.0. The first-order valence-corrected chi connectivity index (χ1v) is 8.59. The number of fused-ring (bicyclic) bond motifs is 1. The maximum atomic E-state index is 12.3. The van der Waals surface area contributed by atoms with Crippen LogP contribution in [0.4, 0.5) is 0 Å². The fourth-order valence-electron chi connectivity index (χ4n) is 3.22. The number of phenolic OH excluding ortho intramolecular Hbond substituents is 1. The van der Waals surface area contributed by atoms with Crippen LogP contribution in [0.2, 0.25) is 0 Å². The van der Waals surface area contributed by atoms with E-state index in [-0.39, 0.29) is 5.75 Å². The van der Waals surface area contributed by atoms with E-state index in [1.54, 1.807) is 13.8 Å². The summed E-state index contributed by atoms with van der Waals surface area (Å²) in [6.07, 6.45) is 0. The van der Waals surface area contributed by atoms with Crippen LogP contribution in [0.15, 0.2) is 24.3 Å². The monoisotopic (exact) mass is 365 g/mol. The first kappa shape index (κ1) is 17.6. The summed E-state index contributed by atoms with van der Waals surface area (Å²) in [5.41, 5.74) is 6.41. The van der Waals surface area contributed by atoms with Gasteiger partial charge in [-0.3, -0.25) is 9.59 Å². The van der Waals surface area contributed by atoms with Crippen molar-refractivity contribution in [3.8, 4) is 5.75 Å². The molecule has 2 saturated heterocycles. The molecule has 0 saturated carbocycles. The second-order valence-corrected chi connectivity index (χ2v) is 8.42. The maximum absolute atomic E-state index is 12.3. The average Bonchev–Trinajstić information content (AvgIpc) is 2.80. The third-order valence-corrected chi connectivity index (χ3v) is 6.08. The van der Waals surface area contributed by atoms with E-state index in [9.17, 15) is 24.6 Å². The van der Waals surface area contributed by atoms with Crippen LogP contribution in [0.25, 0.3) is 0 Å². The number of thioether (sulfide) groups is 1. The summed E-state index contributed by atoms with van der Waals surface area (Å²) in [6.45, 7) is 3.53. The number of amides is 2. The zero-order valence-corrected chi connectivity index (χ0v) is 14.5. The van der Waals surface area contributed by atoms with Gasteiger partial charge in [0.25, 0.3) is 0 Å². The molecule has 8 nitrogen and oxygen atoms in total. The number of β-lactam (4-membered cyclic amide) rings is 1. The molecule has 1 unspecified atom stereocenters. The highest BCUT2D eigenvalue weighted by molar-refractivity contribution is 8.01. The number of carboxylic acid groups (broad SMARTS) is 1. The van der Waals surface area contributed by atoms with Crippen molar-refractivity contribution in [1.82, 2.24) is 10.2 Å². The summed E-state index contributed by atoms with van der Waals surface area (Å²) in [4.78, 5) is 37.5. The van der Waals surface area contributed by atoms with Gasteiger partial charge in [-0.1, -0.05) is 12.1 Å². The van der Waals surface area contributed by atoms with Crippen molar-refractivity contribution in [2.75, 3.05) is 0 Å². The van der Waals surface area contributed by atoms with E-state index < -0.39 is 46.0 Å². The Bertz CT molecular complexity index is 736. The molecule has 0 aromatic heterocycles. The first-order chi connectivity index (χ1) is 11.6. The number of aromatic hydroxyl groups is 1. The van der Waals surface area contributed by atoms with Gasteiger partial charge in [0.2, 0.25) is 11.8 Å². The molecule has 2 aliphatic rings. The SMILES string of the molecule is CC1(C)S[C@H]2[C@H](NC(=O)C(N)c3ccc(O)cc3)C(=O)N2[C@@H]1C(=O)O. The van der Waals surface area contributed by atoms with Gasteiger partial charge in [0.1, 0.15) is 29.2 Å². The number of nitrogens with zero attached hydrogens (tertiary/aromatic N) is 1. The molecule has 9 heteroatoms. The highest BCUT2D eigenvalue weighted by Crippen LogP contribution is 2.50. The summed E-state index contributed by atoms with van der Waals surface area (Å²) in [5.74, 6) is -1.94. The van der Waals surface area contributed by atoms with Gasteiger partial charge >= 0.3 is 5.97 Å². The topological polar surface area (TPSA) is 133 Å². The number of carbonyl (C=O) groups is 3. The lowest BCUT2D eigenvalue weighted by atomic mass is 9.95. The zero-order valence-electron chi connectivity index (χ0n) is 13.7. The van der Waals surface area contributed by atoms with Crippen molar-refractivity contribution in [3.63, 3.8) is 0 Å². The van der Waals surface area contributed by atoms with Gasteiger partial charge in [0.05, 0.1) is 0 Å². The van der Waals surface area contributed by atoms with E-state index in [0.29, 0.717) is 5.56 Å². The fourth-order valence-corrected chi connectivity index (χ4v) is 4.85. The zero-order chi connectivity index (χ0) is 18.5. The van der Waals surface area contributed by atoms with Crippen LogP contribution < -0.4 is 11.1 Å². The molecule has 0 aliphatic carbocycles. The van der Waals surface area contributed by atoms with E-state index in [0.717, 1.165) is 0 Å². The predicted molar refractivity (Wildman–Crippen MR) is 90.7 cm³/mol. The summed E-state index contributed by atoms with van der Waals surface area (Å²) in [5, 5.41) is 20.9. The van der Waals surface area contributed by atoms with Crippen molar-refractivity contribution < 1.29 is 24.6 Å². The Morgan fingerprint density at radius 1 is 1.32 bits per heavy atom. The molecule has 2 aliphatic heterocycles. The quantitative estimate of drug-likeness (QED) is 0.553. The van der Waals surface area contributed by atoms with E-state index >= 15 is 0 Å². The Morgan fingerprint density at radius 2 is 1.92 bits per heavy atom. The number of hydrogen-bond donors (Lipinski definition) is 4. The van der Waals surface area contributed by atoms with Crippen LogP contribution in [0.1, 0.15) is 25.5 Å². The number of rotatable bonds is 4. The second kappa shape index (κ2) is 5.92. The Morgan fingerprint density at radius 3 is 2.48 bits per heavy atom. The molecular weight excluding hydrogens is 346 g/mol. The van der Waals surface area contributed by atoms with Gasteiger partial charge < -0.3 is 26.2 Å². The molecule has 4 atom stereocenters. The van der Waals surface area contributed by atoms with Crippen LogP contribution >= 0.6 is 11.8 Å². The van der Waals surface area contributed by atoms with Gasteiger partial charge in [0.15, 0.2) is 0 Å². The van der Waals surface area contributed by atoms with Gasteiger partial charge in [-0.2, -0.15) is 0 Å². The third-order valence-electron chi connectivity index (χ3n) is 4.51. The Labute approximate surface area is 148 Å². The largest absolute Gasteiger partial charge is 0.508 e. The van der Waals surface area contributed by atoms with E-state index in [4.69, 9.17) is 5.73 Å². The lowest BCUT2D eigenvalue weighted by Crippen LogP contribution is -2.71. The highest BCUT2D eigenvalue weighted by Gasteiger charge is 2.64. The summed E-state index contributed by atoms with van der Waals surface area (Å²) >= 11 is 1.35. The molecule has 3 rings (SSSR count). The average molecular weight is 365 g/mol. The molecule has 5 N–H and O–H groups in total. The number of aliphatic carboxylic acids is 1. The van der Waals surface area contributed by atoms with Gasteiger partial charge in [-0.15, -0.1) is 11.8 Å². The first-order valence-electron chi connectivity index (χ1n) is 7.71. The Hall–Kier alpha value is -2.26. The van der Waals surface area contributed by atoms with E-state index in [1.165, 1.54) is 40.9 Å². The van der Waals surface area contributed by atoms with E-state index in [2.05, 4.69) is 5.32 Å². The molecule has 0 radical (unpaired) electrons. The molecule has 134 valence electrons. The van der Waals surface area contributed by atoms with Crippen LogP contribution in [-0.4, -0.2) is 55.1 Å². The Kier molecular flexibility index (Phi) is 4.16. The van der Waals surface area contributed by atoms with Crippen LogP contribution in [0, 0.1) is 0 Å². The number of hydrogen-bond acceptors (Lipinski definition) is 6. The lowest BCUT2D eigenvalue weighted by Gasteiger charge is -2.43. The molecule has 0 spiro atoms. The third kappa shape index (κ3) is 2.83. The molecule has 2 heterocycles. The summed E-state index contributed by atoms with van der Waals surface area (Å²) in [6, 6.07) is 3.21. The molecule has 2 amide bonds. The number of nitrogens with one attached hydrogen (secondary N) is 1. The second-order valence-electron chi connectivity index (χ2n) is 6.65. The number of carbonyl (C=O) groups excluding carboxylic acids is 2. The van der Waals surface area contributed by atoms with Crippen molar-refractivity contribution in [3.05, 3.63) is 29.8 Å². The summed E-state index contributed by atoms with van der Waals surface area (Å²) < 4.78 is -0.648. The summed E-state index contributed by atoms with van der Waals surface area (Å²) in [7, 11) is 0. The maximum Gasteiger partial charge on any atom is 0.327 e. The predicted octanol–water partition coefficient (Wildman–Crippen LogP) is 0.0237. The molecule has 25 heavy (non-hydrogen) atoms. The van der Waals surface area contributed by atoms with Crippen molar-refractivity contribution in [1.29, 1.82) is 0 Å².